The van der Waals surface area contributed by atoms with Gasteiger partial charge in [-0.3, -0.25) is 9.88 Å². The third-order valence-electron chi connectivity index (χ3n) is 5.02. The van der Waals surface area contributed by atoms with Crippen LogP contribution in [0.5, 0.6) is 0 Å². The van der Waals surface area contributed by atoms with Crippen LogP contribution in [-0.2, 0) is 19.5 Å². The largest absolute Gasteiger partial charge is 0.359 e. The zero-order chi connectivity index (χ0) is 19.6. The highest BCUT2D eigenvalue weighted by molar-refractivity contribution is 5.59. The fourth-order valence-corrected chi connectivity index (χ4v) is 3.55. The molecule has 7 heteroatoms. The van der Waals surface area contributed by atoms with E-state index in [2.05, 4.69) is 20.0 Å². The number of nitrogens with zero attached hydrogens (tertiary/aromatic N) is 5. The molecule has 0 amide bonds. The molecule has 4 heterocycles. The predicted octanol–water partition coefficient (Wildman–Crippen LogP) is 3.89. The van der Waals surface area contributed by atoms with Gasteiger partial charge in [-0.1, -0.05) is 17.3 Å². The van der Waals surface area contributed by atoms with E-state index in [1.807, 2.05) is 18.3 Å². The van der Waals surface area contributed by atoms with Crippen molar-refractivity contribution in [2.24, 2.45) is 0 Å². The fourth-order valence-electron chi connectivity index (χ4n) is 3.55. The van der Waals surface area contributed by atoms with Gasteiger partial charge in [-0.25, -0.2) is 14.4 Å². The third kappa shape index (κ3) is 3.64. The standard InChI is InChI=1S/C22H18FN5O/c23-19-6-2-1-5-18(19)21-10-17(29-27-21)14-28-9-7-20-16(13-28)12-25-22(26-20)15-4-3-8-24-11-15/h1-6,8,10-12H,7,9,13-14H2. The summed E-state index contributed by atoms with van der Waals surface area (Å²) >= 11 is 0. The van der Waals surface area contributed by atoms with E-state index in [4.69, 9.17) is 9.51 Å². The number of fused-ring (bicyclic) bond motifs is 1. The van der Waals surface area contributed by atoms with E-state index in [-0.39, 0.29) is 5.82 Å². The lowest BCUT2D eigenvalue weighted by Gasteiger charge is -2.26. The summed E-state index contributed by atoms with van der Waals surface area (Å²) in [5.41, 5.74) is 4.06. The molecule has 144 valence electrons. The van der Waals surface area contributed by atoms with Crippen LogP contribution >= 0.6 is 0 Å². The Balaban J connectivity index is 1.30. The lowest BCUT2D eigenvalue weighted by Crippen LogP contribution is -2.30. The lowest BCUT2D eigenvalue weighted by molar-refractivity contribution is 0.213. The minimum Gasteiger partial charge on any atom is -0.359 e. The average molecular weight is 387 g/mol. The predicted molar refractivity (Wildman–Crippen MR) is 105 cm³/mol. The molecular weight excluding hydrogens is 369 g/mol. The van der Waals surface area contributed by atoms with Crippen molar-refractivity contribution in [3.05, 3.63) is 83.9 Å². The summed E-state index contributed by atoms with van der Waals surface area (Å²) in [6.45, 7) is 2.19. The molecular formula is C22H18FN5O. The van der Waals surface area contributed by atoms with Gasteiger partial charge in [0.1, 0.15) is 11.5 Å². The maximum atomic E-state index is 14.0. The Kier molecular flexibility index (Phi) is 4.57. The van der Waals surface area contributed by atoms with Gasteiger partial charge in [-0.2, -0.15) is 0 Å². The lowest BCUT2D eigenvalue weighted by atomic mass is 10.1. The summed E-state index contributed by atoms with van der Waals surface area (Å²) in [6.07, 6.45) is 6.23. The zero-order valence-electron chi connectivity index (χ0n) is 15.6. The highest BCUT2D eigenvalue weighted by Gasteiger charge is 2.21. The van der Waals surface area contributed by atoms with E-state index < -0.39 is 0 Å². The van der Waals surface area contributed by atoms with E-state index in [0.717, 1.165) is 36.3 Å². The fraction of sp³-hybridized carbons (Fsp3) is 0.182. The van der Waals surface area contributed by atoms with Crippen molar-refractivity contribution in [1.82, 2.24) is 25.0 Å². The van der Waals surface area contributed by atoms with Crippen molar-refractivity contribution < 1.29 is 8.91 Å². The van der Waals surface area contributed by atoms with Gasteiger partial charge in [-0.05, 0) is 24.3 Å². The minimum absolute atomic E-state index is 0.305. The smallest absolute Gasteiger partial charge is 0.160 e. The first-order valence-corrected chi connectivity index (χ1v) is 9.44. The summed E-state index contributed by atoms with van der Waals surface area (Å²) < 4.78 is 19.4. The Bertz CT molecular complexity index is 1140. The monoisotopic (exact) mass is 387 g/mol. The molecule has 0 radical (unpaired) electrons. The van der Waals surface area contributed by atoms with Crippen LogP contribution in [0.15, 0.2) is 65.6 Å². The molecule has 1 aliphatic rings. The number of pyridine rings is 1. The Hall–Kier alpha value is -3.45. The molecule has 1 aromatic carbocycles. The molecule has 29 heavy (non-hydrogen) atoms. The van der Waals surface area contributed by atoms with Crippen LogP contribution in [0.4, 0.5) is 4.39 Å². The number of benzene rings is 1. The van der Waals surface area contributed by atoms with Gasteiger partial charge in [0.25, 0.3) is 0 Å². The van der Waals surface area contributed by atoms with E-state index in [0.29, 0.717) is 29.4 Å². The van der Waals surface area contributed by atoms with E-state index in [1.54, 1.807) is 36.7 Å². The van der Waals surface area contributed by atoms with Crippen LogP contribution in [0.2, 0.25) is 0 Å². The number of halogens is 1. The van der Waals surface area contributed by atoms with Gasteiger partial charge in [0.05, 0.1) is 12.2 Å². The van der Waals surface area contributed by atoms with Crippen molar-refractivity contribution in [2.75, 3.05) is 6.54 Å². The number of hydrogen-bond donors (Lipinski definition) is 0. The Labute approximate surface area is 167 Å². The molecule has 4 aromatic rings. The van der Waals surface area contributed by atoms with Crippen LogP contribution in [-0.4, -0.2) is 31.6 Å². The minimum atomic E-state index is -0.305. The van der Waals surface area contributed by atoms with Gasteiger partial charge in [-0.15, -0.1) is 0 Å². The van der Waals surface area contributed by atoms with E-state index in [9.17, 15) is 4.39 Å². The van der Waals surface area contributed by atoms with Gasteiger partial charge >= 0.3 is 0 Å². The van der Waals surface area contributed by atoms with Crippen molar-refractivity contribution in [3.63, 3.8) is 0 Å². The molecule has 0 fully saturated rings. The Morgan fingerprint density at radius 3 is 2.90 bits per heavy atom. The second-order valence-corrected chi connectivity index (χ2v) is 7.03. The Morgan fingerprint density at radius 2 is 2.03 bits per heavy atom. The number of rotatable bonds is 4. The van der Waals surface area contributed by atoms with Crippen LogP contribution < -0.4 is 0 Å². The molecule has 1 aliphatic heterocycles. The molecule has 0 unspecified atom stereocenters. The van der Waals surface area contributed by atoms with Crippen molar-refractivity contribution in [2.45, 2.75) is 19.5 Å². The van der Waals surface area contributed by atoms with E-state index in [1.165, 1.54) is 6.07 Å². The van der Waals surface area contributed by atoms with Crippen LogP contribution in [0, 0.1) is 5.82 Å². The van der Waals surface area contributed by atoms with Crippen molar-refractivity contribution in [3.8, 4) is 22.6 Å². The first-order chi connectivity index (χ1) is 14.3. The quantitative estimate of drug-likeness (QED) is 0.529. The molecule has 0 spiro atoms. The Morgan fingerprint density at radius 1 is 1.10 bits per heavy atom. The molecule has 0 atom stereocenters. The molecule has 0 saturated heterocycles. The third-order valence-corrected chi connectivity index (χ3v) is 5.02. The second-order valence-electron chi connectivity index (χ2n) is 7.03. The summed E-state index contributed by atoms with van der Waals surface area (Å²) in [5.74, 6) is 1.11. The van der Waals surface area contributed by atoms with Gasteiger partial charge in [0.15, 0.2) is 11.6 Å². The van der Waals surface area contributed by atoms with Gasteiger partial charge in [0, 0.05) is 60.9 Å². The second kappa shape index (κ2) is 7.52. The first-order valence-electron chi connectivity index (χ1n) is 9.44. The highest BCUT2D eigenvalue weighted by Crippen LogP contribution is 2.25. The SMILES string of the molecule is Fc1ccccc1-c1cc(CN2CCc3nc(-c4cccnc4)ncc3C2)on1. The summed E-state index contributed by atoms with van der Waals surface area (Å²) in [6, 6.07) is 12.2. The molecule has 0 N–H and O–H groups in total. The highest BCUT2D eigenvalue weighted by atomic mass is 19.1. The molecule has 0 bridgehead atoms. The maximum Gasteiger partial charge on any atom is 0.160 e. The summed E-state index contributed by atoms with van der Waals surface area (Å²) in [4.78, 5) is 15.6. The topological polar surface area (TPSA) is 67.9 Å². The molecule has 5 rings (SSSR count). The van der Waals surface area contributed by atoms with E-state index >= 15 is 0 Å². The number of aromatic nitrogens is 4. The molecule has 0 aliphatic carbocycles. The molecule has 0 saturated carbocycles. The van der Waals surface area contributed by atoms with Crippen LogP contribution in [0.25, 0.3) is 22.6 Å². The van der Waals surface area contributed by atoms with Crippen molar-refractivity contribution in [1.29, 1.82) is 0 Å². The summed E-state index contributed by atoms with van der Waals surface area (Å²) in [7, 11) is 0. The number of hydrogen-bond acceptors (Lipinski definition) is 6. The van der Waals surface area contributed by atoms with Gasteiger partial charge in [0.2, 0.25) is 0 Å². The summed E-state index contributed by atoms with van der Waals surface area (Å²) in [5, 5.41) is 4.03. The maximum absolute atomic E-state index is 14.0. The zero-order valence-corrected chi connectivity index (χ0v) is 15.6. The van der Waals surface area contributed by atoms with Crippen molar-refractivity contribution >= 4 is 0 Å². The molecule has 6 nitrogen and oxygen atoms in total. The van der Waals surface area contributed by atoms with Crippen LogP contribution in [0.1, 0.15) is 17.0 Å². The molecule has 3 aromatic heterocycles. The van der Waals surface area contributed by atoms with Gasteiger partial charge < -0.3 is 4.52 Å². The normalized spacial score (nSPS) is 14.0. The van der Waals surface area contributed by atoms with Crippen LogP contribution in [0.3, 0.4) is 0 Å². The average Bonchev–Trinajstić information content (AvgIpc) is 3.22. The first kappa shape index (κ1) is 17.6.